The van der Waals surface area contributed by atoms with Crippen molar-refractivity contribution in [1.82, 2.24) is 10.3 Å². The molecule has 0 aromatic carbocycles. The molecule has 5 heteroatoms. The normalized spacial score (nSPS) is 14.5. The van der Waals surface area contributed by atoms with Gasteiger partial charge in [0.15, 0.2) is 0 Å². The molecule has 98 valence electrons. The third-order valence-electron chi connectivity index (χ3n) is 2.94. The van der Waals surface area contributed by atoms with E-state index in [4.69, 9.17) is 10.5 Å². The molecule has 5 nitrogen and oxygen atoms in total. The van der Waals surface area contributed by atoms with Crippen LogP contribution in [0, 0.1) is 12.8 Å². The van der Waals surface area contributed by atoms with Crippen LogP contribution in [0.2, 0.25) is 0 Å². The maximum absolute atomic E-state index is 11.9. The van der Waals surface area contributed by atoms with Crippen molar-refractivity contribution in [3.63, 3.8) is 0 Å². The van der Waals surface area contributed by atoms with Crippen LogP contribution in [0.25, 0.3) is 0 Å². The molecule has 3 N–H and O–H groups in total. The van der Waals surface area contributed by atoms with Crippen molar-refractivity contribution in [2.75, 3.05) is 25.5 Å². The predicted molar refractivity (Wildman–Crippen MR) is 69.3 cm³/mol. The number of ether oxygens (including phenoxy) is 1. The highest BCUT2D eigenvalue weighted by Gasteiger charge is 2.20. The first-order chi connectivity index (χ1) is 8.66. The number of aromatic nitrogens is 1. The van der Waals surface area contributed by atoms with E-state index in [2.05, 4.69) is 10.3 Å². The molecule has 0 atom stereocenters. The second kappa shape index (κ2) is 5.82. The summed E-state index contributed by atoms with van der Waals surface area (Å²) in [7, 11) is 0. The number of anilines is 1. The Morgan fingerprint density at radius 1 is 1.61 bits per heavy atom. The summed E-state index contributed by atoms with van der Waals surface area (Å²) in [5.74, 6) is 0.600. The molecule has 0 bridgehead atoms. The van der Waals surface area contributed by atoms with Gasteiger partial charge in [-0.3, -0.25) is 9.78 Å². The zero-order valence-electron chi connectivity index (χ0n) is 10.6. The minimum Gasteiger partial charge on any atom is -0.397 e. The van der Waals surface area contributed by atoms with Crippen LogP contribution in [0.15, 0.2) is 12.3 Å². The quantitative estimate of drug-likeness (QED) is 0.741. The van der Waals surface area contributed by atoms with Gasteiger partial charge in [-0.05, 0) is 31.7 Å². The number of amides is 1. The van der Waals surface area contributed by atoms with Gasteiger partial charge in [-0.15, -0.1) is 0 Å². The van der Waals surface area contributed by atoms with Crippen LogP contribution in [0.5, 0.6) is 0 Å². The SMILES string of the molecule is Cc1ncc(N)cc1C(=O)NCCOCC1CC1. The minimum atomic E-state index is -0.151. The highest BCUT2D eigenvalue weighted by Crippen LogP contribution is 2.28. The Morgan fingerprint density at radius 2 is 2.39 bits per heavy atom. The lowest BCUT2D eigenvalue weighted by atomic mass is 10.2. The molecule has 0 aliphatic heterocycles. The second-order valence-corrected chi connectivity index (χ2v) is 4.68. The molecule has 1 aromatic heterocycles. The Labute approximate surface area is 107 Å². The third kappa shape index (κ3) is 3.70. The number of aryl methyl sites for hydroxylation is 1. The van der Waals surface area contributed by atoms with Gasteiger partial charge in [0.05, 0.1) is 29.7 Å². The fourth-order valence-electron chi connectivity index (χ4n) is 1.65. The number of carbonyl (C=O) groups excluding carboxylic acids is 1. The van der Waals surface area contributed by atoms with E-state index in [1.165, 1.54) is 12.8 Å². The average Bonchev–Trinajstić information content (AvgIpc) is 3.15. The van der Waals surface area contributed by atoms with Crippen LogP contribution in [0.1, 0.15) is 28.9 Å². The van der Waals surface area contributed by atoms with Crippen LogP contribution in [0.3, 0.4) is 0 Å². The fraction of sp³-hybridized carbons (Fsp3) is 0.538. The first-order valence-electron chi connectivity index (χ1n) is 6.25. The van der Waals surface area contributed by atoms with Gasteiger partial charge in [0.1, 0.15) is 0 Å². The van der Waals surface area contributed by atoms with Crippen LogP contribution >= 0.6 is 0 Å². The summed E-state index contributed by atoms with van der Waals surface area (Å²) < 4.78 is 5.44. The average molecular weight is 249 g/mol. The van der Waals surface area contributed by atoms with Crippen molar-refractivity contribution in [2.24, 2.45) is 5.92 Å². The first kappa shape index (κ1) is 12.8. The maximum atomic E-state index is 11.9. The highest BCUT2D eigenvalue weighted by atomic mass is 16.5. The fourth-order valence-corrected chi connectivity index (χ4v) is 1.65. The van der Waals surface area contributed by atoms with E-state index in [0.29, 0.717) is 30.1 Å². The summed E-state index contributed by atoms with van der Waals surface area (Å²) >= 11 is 0. The number of nitrogens with one attached hydrogen (secondary N) is 1. The molecular weight excluding hydrogens is 230 g/mol. The lowest BCUT2D eigenvalue weighted by Gasteiger charge is -2.08. The lowest BCUT2D eigenvalue weighted by molar-refractivity contribution is 0.0905. The molecular formula is C13H19N3O2. The van der Waals surface area contributed by atoms with Gasteiger partial charge in [-0.25, -0.2) is 0 Å². The maximum Gasteiger partial charge on any atom is 0.253 e. The Morgan fingerprint density at radius 3 is 3.11 bits per heavy atom. The van der Waals surface area contributed by atoms with Crippen LogP contribution in [-0.4, -0.2) is 30.6 Å². The molecule has 1 amide bonds. The van der Waals surface area contributed by atoms with Crippen molar-refractivity contribution in [3.05, 3.63) is 23.5 Å². The van der Waals surface area contributed by atoms with Crippen LogP contribution < -0.4 is 11.1 Å². The standard InChI is InChI=1S/C13H19N3O2/c1-9-12(6-11(14)7-16-9)13(17)15-4-5-18-8-10-2-3-10/h6-7,10H,2-5,8,14H2,1H3,(H,15,17). The molecule has 0 unspecified atom stereocenters. The summed E-state index contributed by atoms with van der Waals surface area (Å²) in [4.78, 5) is 15.9. The third-order valence-corrected chi connectivity index (χ3v) is 2.94. The second-order valence-electron chi connectivity index (χ2n) is 4.68. The number of pyridine rings is 1. The molecule has 0 radical (unpaired) electrons. The summed E-state index contributed by atoms with van der Waals surface area (Å²) in [5, 5.41) is 2.80. The van der Waals surface area contributed by atoms with Gasteiger partial charge in [-0.1, -0.05) is 0 Å². The Kier molecular flexibility index (Phi) is 4.15. The number of nitrogens with zero attached hydrogens (tertiary/aromatic N) is 1. The lowest BCUT2D eigenvalue weighted by Crippen LogP contribution is -2.28. The summed E-state index contributed by atoms with van der Waals surface area (Å²) in [6, 6.07) is 1.64. The smallest absolute Gasteiger partial charge is 0.253 e. The summed E-state index contributed by atoms with van der Waals surface area (Å²) in [5.41, 5.74) is 7.32. The Balaban J connectivity index is 1.74. The molecule has 18 heavy (non-hydrogen) atoms. The van der Waals surface area contributed by atoms with Crippen molar-refractivity contribution in [3.8, 4) is 0 Å². The minimum absolute atomic E-state index is 0.151. The molecule has 1 heterocycles. The van der Waals surface area contributed by atoms with E-state index in [0.717, 1.165) is 12.5 Å². The van der Waals surface area contributed by atoms with E-state index in [-0.39, 0.29) is 5.91 Å². The number of hydrogen-bond acceptors (Lipinski definition) is 4. The van der Waals surface area contributed by atoms with Crippen LogP contribution in [0.4, 0.5) is 5.69 Å². The van der Waals surface area contributed by atoms with Crippen molar-refractivity contribution < 1.29 is 9.53 Å². The van der Waals surface area contributed by atoms with Gasteiger partial charge in [0, 0.05) is 13.2 Å². The Hall–Kier alpha value is -1.62. The largest absolute Gasteiger partial charge is 0.397 e. The number of hydrogen-bond donors (Lipinski definition) is 2. The van der Waals surface area contributed by atoms with E-state index in [1.807, 2.05) is 0 Å². The zero-order chi connectivity index (χ0) is 13.0. The number of rotatable bonds is 6. The topological polar surface area (TPSA) is 77.2 Å². The van der Waals surface area contributed by atoms with Crippen molar-refractivity contribution in [1.29, 1.82) is 0 Å². The van der Waals surface area contributed by atoms with E-state index in [1.54, 1.807) is 19.2 Å². The van der Waals surface area contributed by atoms with Gasteiger partial charge < -0.3 is 15.8 Å². The Bertz CT molecular complexity index is 430. The number of nitrogen functional groups attached to an aromatic ring is 1. The molecule has 2 rings (SSSR count). The van der Waals surface area contributed by atoms with E-state index >= 15 is 0 Å². The van der Waals surface area contributed by atoms with E-state index in [9.17, 15) is 4.79 Å². The number of carbonyl (C=O) groups is 1. The highest BCUT2D eigenvalue weighted by molar-refractivity contribution is 5.95. The molecule has 1 aromatic rings. The van der Waals surface area contributed by atoms with E-state index < -0.39 is 0 Å². The van der Waals surface area contributed by atoms with Gasteiger partial charge in [-0.2, -0.15) is 0 Å². The molecule has 0 saturated heterocycles. The first-order valence-corrected chi connectivity index (χ1v) is 6.25. The molecule has 1 fully saturated rings. The number of nitrogens with two attached hydrogens (primary N) is 1. The van der Waals surface area contributed by atoms with Crippen molar-refractivity contribution in [2.45, 2.75) is 19.8 Å². The van der Waals surface area contributed by atoms with Gasteiger partial charge >= 0.3 is 0 Å². The zero-order valence-corrected chi connectivity index (χ0v) is 10.6. The van der Waals surface area contributed by atoms with Gasteiger partial charge in [0.2, 0.25) is 0 Å². The van der Waals surface area contributed by atoms with Crippen LogP contribution in [-0.2, 0) is 4.74 Å². The summed E-state index contributed by atoms with van der Waals surface area (Å²) in [6.45, 7) is 3.67. The molecule has 1 aliphatic carbocycles. The molecule has 1 saturated carbocycles. The molecule has 0 spiro atoms. The van der Waals surface area contributed by atoms with Crippen molar-refractivity contribution >= 4 is 11.6 Å². The predicted octanol–water partition coefficient (Wildman–Crippen LogP) is 1.13. The monoisotopic (exact) mass is 249 g/mol. The molecule has 1 aliphatic rings. The summed E-state index contributed by atoms with van der Waals surface area (Å²) in [6.07, 6.45) is 4.10. The van der Waals surface area contributed by atoms with Gasteiger partial charge in [0.25, 0.3) is 5.91 Å².